The second-order valence-corrected chi connectivity index (χ2v) is 8.39. The van der Waals surface area contributed by atoms with Gasteiger partial charge < -0.3 is 0 Å². The van der Waals surface area contributed by atoms with Crippen LogP contribution in [0.1, 0.15) is 56.1 Å². The molecule has 3 heteroatoms. The summed E-state index contributed by atoms with van der Waals surface area (Å²) in [5, 5.41) is 0. The highest BCUT2D eigenvalue weighted by atomic mass is 15.3. The maximum atomic E-state index is 4.88. The van der Waals surface area contributed by atoms with E-state index in [-0.39, 0.29) is 6.04 Å². The lowest BCUT2D eigenvalue weighted by Gasteiger charge is -2.41. The zero-order chi connectivity index (χ0) is 19.0. The number of aromatic nitrogens is 1. The minimum Gasteiger partial charge on any atom is -0.298 e. The molecular formula is C24H31N3. The van der Waals surface area contributed by atoms with Gasteiger partial charge >= 0.3 is 0 Å². The summed E-state index contributed by atoms with van der Waals surface area (Å²) in [5.41, 5.74) is 6.70. The molecule has 0 N–H and O–H groups in total. The largest absolute Gasteiger partial charge is 0.298 e. The van der Waals surface area contributed by atoms with Gasteiger partial charge in [0.1, 0.15) is 0 Å². The predicted molar refractivity (Wildman–Crippen MR) is 114 cm³/mol. The van der Waals surface area contributed by atoms with Gasteiger partial charge in [-0.2, -0.15) is 0 Å². The first-order valence-corrected chi connectivity index (χ1v) is 10.3. The summed E-state index contributed by atoms with van der Waals surface area (Å²) in [6, 6.07) is 14.1. The molecule has 0 saturated carbocycles. The van der Waals surface area contributed by atoms with Gasteiger partial charge in [0.15, 0.2) is 0 Å². The summed E-state index contributed by atoms with van der Waals surface area (Å²) >= 11 is 0. The molecule has 0 spiro atoms. The zero-order valence-electron chi connectivity index (χ0n) is 17.0. The molecule has 1 atom stereocenters. The van der Waals surface area contributed by atoms with Crippen LogP contribution in [-0.2, 0) is 0 Å². The van der Waals surface area contributed by atoms with Gasteiger partial charge in [-0.3, -0.25) is 14.8 Å². The van der Waals surface area contributed by atoms with Gasteiger partial charge in [-0.15, -0.1) is 0 Å². The molecule has 2 aromatic rings. The second-order valence-electron chi connectivity index (χ2n) is 8.39. The highest BCUT2D eigenvalue weighted by Gasteiger charge is 2.33. The van der Waals surface area contributed by atoms with E-state index in [0.29, 0.717) is 12.0 Å². The molecule has 2 heterocycles. The number of fused-ring (bicyclic) bond motifs is 2. The molecule has 0 amide bonds. The fourth-order valence-electron chi connectivity index (χ4n) is 4.53. The molecule has 2 aliphatic rings. The quantitative estimate of drug-likeness (QED) is 0.789. The van der Waals surface area contributed by atoms with Crippen LogP contribution < -0.4 is 0 Å². The molecule has 3 nitrogen and oxygen atoms in total. The van der Waals surface area contributed by atoms with Gasteiger partial charge in [-0.25, -0.2) is 0 Å². The summed E-state index contributed by atoms with van der Waals surface area (Å²) in [5.74, 6) is 0.482. The van der Waals surface area contributed by atoms with Crippen molar-refractivity contribution in [2.75, 3.05) is 26.2 Å². The van der Waals surface area contributed by atoms with Crippen molar-refractivity contribution >= 4 is 11.6 Å². The Labute approximate surface area is 163 Å². The molecule has 0 bridgehead atoms. The topological polar surface area (TPSA) is 19.4 Å². The maximum absolute atomic E-state index is 4.88. The van der Waals surface area contributed by atoms with E-state index >= 15 is 0 Å². The van der Waals surface area contributed by atoms with Gasteiger partial charge in [0.05, 0.1) is 11.7 Å². The van der Waals surface area contributed by atoms with Crippen molar-refractivity contribution in [2.45, 2.75) is 39.8 Å². The number of nitrogens with zero attached hydrogens (tertiary/aromatic N) is 3. The molecule has 0 radical (unpaired) electrons. The number of pyridine rings is 1. The highest BCUT2D eigenvalue weighted by Crippen LogP contribution is 2.41. The van der Waals surface area contributed by atoms with Gasteiger partial charge in [0.25, 0.3) is 0 Å². The van der Waals surface area contributed by atoms with E-state index in [9.17, 15) is 0 Å². The Morgan fingerprint density at radius 1 is 0.926 bits per heavy atom. The van der Waals surface area contributed by atoms with Crippen LogP contribution in [-0.4, -0.2) is 47.0 Å². The molecule has 27 heavy (non-hydrogen) atoms. The minimum atomic E-state index is 0.235. The van der Waals surface area contributed by atoms with Gasteiger partial charge in [-0.1, -0.05) is 44.2 Å². The average molecular weight is 362 g/mol. The molecule has 1 aliphatic heterocycles. The monoisotopic (exact) mass is 361 g/mol. The molecule has 1 unspecified atom stereocenters. The smallest absolute Gasteiger partial charge is 0.0789 e. The second kappa shape index (κ2) is 7.57. The predicted octanol–water partition coefficient (Wildman–Crippen LogP) is 4.71. The van der Waals surface area contributed by atoms with Crippen molar-refractivity contribution in [2.24, 2.45) is 5.92 Å². The van der Waals surface area contributed by atoms with E-state index in [0.717, 1.165) is 26.2 Å². The van der Waals surface area contributed by atoms with E-state index in [2.05, 4.69) is 80.0 Å². The van der Waals surface area contributed by atoms with Crippen molar-refractivity contribution in [1.82, 2.24) is 14.8 Å². The van der Waals surface area contributed by atoms with Crippen LogP contribution in [0.2, 0.25) is 0 Å². The highest BCUT2D eigenvalue weighted by molar-refractivity contribution is 5.86. The van der Waals surface area contributed by atoms with Crippen LogP contribution in [0.4, 0.5) is 0 Å². The lowest BCUT2D eigenvalue weighted by molar-refractivity contribution is 0.0881. The van der Waals surface area contributed by atoms with Crippen molar-refractivity contribution < 1.29 is 0 Å². The van der Waals surface area contributed by atoms with Crippen LogP contribution in [0.3, 0.4) is 0 Å². The Morgan fingerprint density at radius 3 is 2.37 bits per heavy atom. The Bertz CT molecular complexity index is 829. The molecule has 1 aromatic carbocycles. The van der Waals surface area contributed by atoms with Crippen molar-refractivity contribution in [3.8, 4) is 0 Å². The number of piperazine rings is 1. The SMILES string of the molecule is CC(C)C1=Cc2cccnc2C(N2CCN(C(C)C)CC2)c2ccccc21. The van der Waals surface area contributed by atoms with Crippen molar-refractivity contribution in [1.29, 1.82) is 0 Å². The maximum Gasteiger partial charge on any atom is 0.0789 e. The van der Waals surface area contributed by atoms with E-state index in [1.807, 2.05) is 6.20 Å². The van der Waals surface area contributed by atoms with Crippen molar-refractivity contribution in [3.05, 3.63) is 65.0 Å². The molecule has 1 aliphatic carbocycles. The summed E-state index contributed by atoms with van der Waals surface area (Å²) < 4.78 is 0. The van der Waals surface area contributed by atoms with E-state index < -0.39 is 0 Å². The van der Waals surface area contributed by atoms with Crippen LogP contribution in [0.5, 0.6) is 0 Å². The number of allylic oxidation sites excluding steroid dienone is 1. The van der Waals surface area contributed by atoms with Gasteiger partial charge in [-0.05, 0) is 54.2 Å². The van der Waals surface area contributed by atoms with Crippen LogP contribution in [0.25, 0.3) is 11.6 Å². The number of hydrogen-bond donors (Lipinski definition) is 0. The third-order valence-corrected chi connectivity index (χ3v) is 6.07. The van der Waals surface area contributed by atoms with E-state index in [4.69, 9.17) is 4.98 Å². The first-order chi connectivity index (χ1) is 13.1. The number of benzene rings is 1. The molecule has 142 valence electrons. The Balaban J connectivity index is 1.80. The number of hydrogen-bond acceptors (Lipinski definition) is 3. The third-order valence-electron chi connectivity index (χ3n) is 6.07. The molecule has 1 saturated heterocycles. The lowest BCUT2D eigenvalue weighted by atomic mass is 9.89. The normalized spacial score (nSPS) is 21.0. The van der Waals surface area contributed by atoms with Crippen LogP contribution in [0, 0.1) is 5.92 Å². The first kappa shape index (κ1) is 18.4. The molecular weight excluding hydrogens is 330 g/mol. The molecule has 4 rings (SSSR count). The van der Waals surface area contributed by atoms with Crippen LogP contribution >= 0.6 is 0 Å². The standard InChI is InChI=1S/C24H31N3/c1-17(2)22-16-19-8-7-11-25-23(19)24(21-10-6-5-9-20(21)22)27-14-12-26(13-15-27)18(3)4/h5-11,16-18,24H,12-15H2,1-4H3. The third kappa shape index (κ3) is 3.46. The summed E-state index contributed by atoms with van der Waals surface area (Å²) in [6.07, 6.45) is 4.32. The van der Waals surface area contributed by atoms with E-state index in [1.165, 1.54) is 28.0 Å². The number of rotatable bonds is 3. The average Bonchev–Trinajstić information content (AvgIpc) is 2.82. The Morgan fingerprint density at radius 2 is 1.67 bits per heavy atom. The lowest BCUT2D eigenvalue weighted by Crippen LogP contribution is -2.50. The van der Waals surface area contributed by atoms with Crippen LogP contribution in [0.15, 0.2) is 42.6 Å². The van der Waals surface area contributed by atoms with Gasteiger partial charge in [0.2, 0.25) is 0 Å². The molecule has 1 aromatic heterocycles. The minimum absolute atomic E-state index is 0.235. The van der Waals surface area contributed by atoms with Gasteiger partial charge in [0, 0.05) is 38.4 Å². The van der Waals surface area contributed by atoms with Crippen molar-refractivity contribution in [3.63, 3.8) is 0 Å². The summed E-state index contributed by atoms with van der Waals surface area (Å²) in [7, 11) is 0. The fraction of sp³-hybridized carbons (Fsp3) is 0.458. The fourth-order valence-corrected chi connectivity index (χ4v) is 4.53. The molecule has 1 fully saturated rings. The first-order valence-electron chi connectivity index (χ1n) is 10.3. The zero-order valence-corrected chi connectivity index (χ0v) is 17.0. The Hall–Kier alpha value is -1.97. The van der Waals surface area contributed by atoms with E-state index in [1.54, 1.807) is 0 Å². The summed E-state index contributed by atoms with van der Waals surface area (Å²) in [4.78, 5) is 10.1. The summed E-state index contributed by atoms with van der Waals surface area (Å²) in [6.45, 7) is 13.6. The Kier molecular flexibility index (Phi) is 5.16.